The predicted octanol–water partition coefficient (Wildman–Crippen LogP) is 2.43. The van der Waals surface area contributed by atoms with Crippen LogP contribution in [0.4, 0.5) is 4.39 Å². The van der Waals surface area contributed by atoms with Gasteiger partial charge in [0.1, 0.15) is 5.82 Å². The Morgan fingerprint density at radius 2 is 2.18 bits per heavy atom. The second kappa shape index (κ2) is 7.01. The third kappa shape index (κ3) is 4.15. The van der Waals surface area contributed by atoms with Crippen molar-refractivity contribution in [2.45, 2.75) is 25.8 Å². The fourth-order valence-electron chi connectivity index (χ4n) is 1.68. The molecule has 0 amide bonds. The van der Waals surface area contributed by atoms with E-state index >= 15 is 0 Å². The molecular formula is C13H18FNO2. The Balaban J connectivity index is 2.55. The minimum Gasteiger partial charge on any atom is -0.469 e. The Hall–Kier alpha value is -1.42. The predicted molar refractivity (Wildman–Crippen MR) is 64.1 cm³/mol. The summed E-state index contributed by atoms with van der Waals surface area (Å²) in [5, 5.41) is 3.15. The fraction of sp³-hybridized carbons (Fsp3) is 0.462. The van der Waals surface area contributed by atoms with Gasteiger partial charge in [0.25, 0.3) is 0 Å². The number of benzene rings is 1. The van der Waals surface area contributed by atoms with Gasteiger partial charge < -0.3 is 10.1 Å². The van der Waals surface area contributed by atoms with E-state index < -0.39 is 0 Å². The Morgan fingerprint density at radius 1 is 1.47 bits per heavy atom. The van der Waals surface area contributed by atoms with Crippen LogP contribution in [0.1, 0.15) is 31.4 Å². The first-order valence-electron chi connectivity index (χ1n) is 5.73. The summed E-state index contributed by atoms with van der Waals surface area (Å²) in [5.41, 5.74) is 0.639. The molecule has 17 heavy (non-hydrogen) atoms. The van der Waals surface area contributed by atoms with Crippen molar-refractivity contribution in [3.63, 3.8) is 0 Å². The number of nitrogens with one attached hydrogen (secondary N) is 1. The van der Waals surface area contributed by atoms with Gasteiger partial charge in [0.15, 0.2) is 0 Å². The van der Waals surface area contributed by atoms with Gasteiger partial charge in [-0.05, 0) is 12.5 Å². The molecule has 3 nitrogen and oxygen atoms in total. The van der Waals surface area contributed by atoms with E-state index in [-0.39, 0.29) is 17.8 Å². The normalized spacial score (nSPS) is 12.2. The number of ether oxygens (including phenoxy) is 1. The number of methoxy groups -OCH3 is 1. The van der Waals surface area contributed by atoms with Crippen LogP contribution in [0.25, 0.3) is 0 Å². The second-order valence-corrected chi connectivity index (χ2v) is 3.76. The number of esters is 1. The van der Waals surface area contributed by atoms with Crippen molar-refractivity contribution in [3.05, 3.63) is 35.6 Å². The summed E-state index contributed by atoms with van der Waals surface area (Å²) >= 11 is 0. The zero-order valence-electron chi connectivity index (χ0n) is 10.2. The van der Waals surface area contributed by atoms with Crippen LogP contribution in [0.3, 0.4) is 0 Å². The molecule has 4 heteroatoms. The van der Waals surface area contributed by atoms with E-state index in [2.05, 4.69) is 10.1 Å². The standard InChI is InChI=1S/C13H18FNO2/c1-3-12(15-9-8-13(16)17-2)10-6-4-5-7-11(10)14/h4-7,12,15H,3,8-9H2,1-2H3. The number of rotatable bonds is 6. The first kappa shape index (κ1) is 13.6. The van der Waals surface area contributed by atoms with E-state index in [0.29, 0.717) is 18.5 Å². The van der Waals surface area contributed by atoms with E-state index in [4.69, 9.17) is 0 Å². The van der Waals surface area contributed by atoms with E-state index in [1.165, 1.54) is 13.2 Å². The highest BCUT2D eigenvalue weighted by atomic mass is 19.1. The van der Waals surface area contributed by atoms with Crippen molar-refractivity contribution in [1.82, 2.24) is 5.32 Å². The van der Waals surface area contributed by atoms with Crippen LogP contribution < -0.4 is 5.32 Å². The lowest BCUT2D eigenvalue weighted by Gasteiger charge is -2.17. The van der Waals surface area contributed by atoms with Crippen molar-refractivity contribution in [1.29, 1.82) is 0 Å². The van der Waals surface area contributed by atoms with Crippen LogP contribution in [0.2, 0.25) is 0 Å². The van der Waals surface area contributed by atoms with Crippen LogP contribution in [-0.2, 0) is 9.53 Å². The van der Waals surface area contributed by atoms with E-state index in [9.17, 15) is 9.18 Å². The first-order chi connectivity index (χ1) is 8.19. The molecule has 0 aliphatic carbocycles. The summed E-state index contributed by atoms with van der Waals surface area (Å²) < 4.78 is 18.1. The van der Waals surface area contributed by atoms with E-state index in [1.54, 1.807) is 12.1 Å². The molecule has 1 aromatic rings. The summed E-state index contributed by atoms with van der Waals surface area (Å²) in [5.74, 6) is -0.481. The fourth-order valence-corrected chi connectivity index (χ4v) is 1.68. The Morgan fingerprint density at radius 3 is 2.76 bits per heavy atom. The molecule has 0 fully saturated rings. The molecule has 0 bridgehead atoms. The van der Waals surface area contributed by atoms with Crippen molar-refractivity contribution >= 4 is 5.97 Å². The topological polar surface area (TPSA) is 38.3 Å². The Kier molecular flexibility index (Phi) is 5.63. The Bertz CT molecular complexity index is 368. The zero-order chi connectivity index (χ0) is 12.7. The molecule has 0 spiro atoms. The number of hydrogen-bond acceptors (Lipinski definition) is 3. The maximum absolute atomic E-state index is 13.5. The molecule has 94 valence electrons. The van der Waals surface area contributed by atoms with Crippen LogP contribution in [0, 0.1) is 5.82 Å². The maximum atomic E-state index is 13.5. The van der Waals surface area contributed by atoms with Gasteiger partial charge in [0.05, 0.1) is 13.5 Å². The molecule has 0 heterocycles. The minimum absolute atomic E-state index is 0.0687. The molecular weight excluding hydrogens is 221 g/mol. The number of halogens is 1. The molecule has 0 saturated heterocycles. The molecule has 1 atom stereocenters. The summed E-state index contributed by atoms with van der Waals surface area (Å²) in [6.45, 7) is 2.46. The van der Waals surface area contributed by atoms with Gasteiger partial charge in [-0.2, -0.15) is 0 Å². The molecule has 0 saturated carbocycles. The van der Waals surface area contributed by atoms with Crippen molar-refractivity contribution in [3.8, 4) is 0 Å². The van der Waals surface area contributed by atoms with E-state index in [0.717, 1.165) is 6.42 Å². The van der Waals surface area contributed by atoms with Crippen LogP contribution in [0.5, 0.6) is 0 Å². The quantitative estimate of drug-likeness (QED) is 0.775. The summed E-state index contributed by atoms with van der Waals surface area (Å²) in [6, 6.07) is 6.61. The van der Waals surface area contributed by atoms with Crippen molar-refractivity contribution < 1.29 is 13.9 Å². The molecule has 1 N–H and O–H groups in total. The van der Waals surface area contributed by atoms with Crippen molar-refractivity contribution in [2.75, 3.05) is 13.7 Å². The summed E-state index contributed by atoms with van der Waals surface area (Å²) in [4.78, 5) is 10.9. The second-order valence-electron chi connectivity index (χ2n) is 3.76. The average molecular weight is 239 g/mol. The van der Waals surface area contributed by atoms with Crippen LogP contribution >= 0.6 is 0 Å². The first-order valence-corrected chi connectivity index (χ1v) is 5.73. The molecule has 1 aromatic carbocycles. The number of carbonyl (C=O) groups is 1. The zero-order valence-corrected chi connectivity index (χ0v) is 10.2. The lowest BCUT2D eigenvalue weighted by atomic mass is 10.0. The van der Waals surface area contributed by atoms with Gasteiger partial charge in [0.2, 0.25) is 0 Å². The van der Waals surface area contributed by atoms with Gasteiger partial charge in [-0.1, -0.05) is 25.1 Å². The maximum Gasteiger partial charge on any atom is 0.306 e. The number of carbonyl (C=O) groups excluding carboxylic acids is 1. The largest absolute Gasteiger partial charge is 0.469 e. The number of hydrogen-bond donors (Lipinski definition) is 1. The van der Waals surface area contributed by atoms with Crippen molar-refractivity contribution in [2.24, 2.45) is 0 Å². The van der Waals surface area contributed by atoms with E-state index in [1.807, 2.05) is 13.0 Å². The summed E-state index contributed by atoms with van der Waals surface area (Å²) in [6.07, 6.45) is 1.06. The van der Waals surface area contributed by atoms with Gasteiger partial charge in [-0.15, -0.1) is 0 Å². The summed E-state index contributed by atoms with van der Waals surface area (Å²) in [7, 11) is 1.36. The lowest BCUT2D eigenvalue weighted by Crippen LogP contribution is -2.24. The third-order valence-electron chi connectivity index (χ3n) is 2.64. The third-order valence-corrected chi connectivity index (χ3v) is 2.64. The molecule has 0 aromatic heterocycles. The lowest BCUT2D eigenvalue weighted by molar-refractivity contribution is -0.140. The highest BCUT2D eigenvalue weighted by molar-refractivity contribution is 5.69. The highest BCUT2D eigenvalue weighted by Crippen LogP contribution is 2.19. The molecule has 0 radical (unpaired) electrons. The molecule has 1 rings (SSSR count). The smallest absolute Gasteiger partial charge is 0.306 e. The minimum atomic E-state index is -0.263. The molecule has 1 unspecified atom stereocenters. The van der Waals surface area contributed by atoms with Crippen LogP contribution in [0.15, 0.2) is 24.3 Å². The molecule has 0 aliphatic rings. The van der Waals surface area contributed by atoms with Gasteiger partial charge in [-0.25, -0.2) is 4.39 Å². The van der Waals surface area contributed by atoms with Gasteiger partial charge in [-0.3, -0.25) is 4.79 Å². The Labute approximate surface area is 101 Å². The monoisotopic (exact) mass is 239 g/mol. The van der Waals surface area contributed by atoms with Gasteiger partial charge in [0, 0.05) is 18.2 Å². The van der Waals surface area contributed by atoms with Gasteiger partial charge >= 0.3 is 5.97 Å². The van der Waals surface area contributed by atoms with Crippen LogP contribution in [-0.4, -0.2) is 19.6 Å². The highest BCUT2D eigenvalue weighted by Gasteiger charge is 2.13. The average Bonchev–Trinajstić information content (AvgIpc) is 2.35. The SMILES string of the molecule is CCC(NCCC(=O)OC)c1ccccc1F. The molecule has 0 aliphatic heterocycles.